The lowest BCUT2D eigenvalue weighted by atomic mass is 10.3. The van der Waals surface area contributed by atoms with Gasteiger partial charge in [-0.05, 0) is 26.0 Å². The van der Waals surface area contributed by atoms with Crippen LogP contribution in [0.4, 0.5) is 0 Å². The lowest BCUT2D eigenvalue weighted by molar-refractivity contribution is 0.389. The highest BCUT2D eigenvalue weighted by Crippen LogP contribution is 2.17. The number of aromatic nitrogens is 3. The number of hydrogen-bond donors (Lipinski definition) is 0. The zero-order valence-electron chi connectivity index (χ0n) is 9.84. The summed E-state index contributed by atoms with van der Waals surface area (Å²) in [7, 11) is 0. The molecule has 0 atom stereocenters. The molecule has 4 heteroatoms. The summed E-state index contributed by atoms with van der Waals surface area (Å²) < 4.78 is 7.23. The van der Waals surface area contributed by atoms with Crippen LogP contribution in [0, 0.1) is 13.8 Å². The van der Waals surface area contributed by atoms with Crippen LogP contribution in [0.2, 0.25) is 0 Å². The first-order valence-electron chi connectivity index (χ1n) is 5.58. The summed E-state index contributed by atoms with van der Waals surface area (Å²) in [6.07, 6.45) is 0. The van der Waals surface area contributed by atoms with E-state index in [1.54, 1.807) is 0 Å². The molecule has 3 rings (SSSR count). The van der Waals surface area contributed by atoms with E-state index in [0.717, 1.165) is 28.3 Å². The van der Waals surface area contributed by atoms with E-state index >= 15 is 0 Å². The summed E-state index contributed by atoms with van der Waals surface area (Å²) in [5.41, 5.74) is 3.07. The van der Waals surface area contributed by atoms with E-state index in [1.165, 1.54) is 0 Å². The predicted molar refractivity (Wildman–Crippen MR) is 64.8 cm³/mol. The van der Waals surface area contributed by atoms with Gasteiger partial charge in [0.05, 0.1) is 17.6 Å². The maximum absolute atomic E-state index is 5.08. The Morgan fingerprint density at radius 3 is 2.82 bits per heavy atom. The SMILES string of the molecule is Cc1cc(Cn2c(C)nc3ccccc32)no1. The van der Waals surface area contributed by atoms with Crippen LogP contribution in [-0.4, -0.2) is 14.7 Å². The molecule has 0 aliphatic heterocycles. The molecule has 0 amide bonds. The molecule has 2 aromatic heterocycles. The van der Waals surface area contributed by atoms with Crippen molar-refractivity contribution < 1.29 is 4.52 Å². The fraction of sp³-hybridized carbons (Fsp3) is 0.231. The molecule has 0 bridgehead atoms. The molecule has 1 aromatic carbocycles. The molecular weight excluding hydrogens is 214 g/mol. The summed E-state index contributed by atoms with van der Waals surface area (Å²) >= 11 is 0. The molecule has 0 radical (unpaired) electrons. The molecule has 17 heavy (non-hydrogen) atoms. The Hall–Kier alpha value is -2.10. The van der Waals surface area contributed by atoms with E-state index in [9.17, 15) is 0 Å². The van der Waals surface area contributed by atoms with Crippen molar-refractivity contribution >= 4 is 11.0 Å². The van der Waals surface area contributed by atoms with E-state index in [2.05, 4.69) is 20.8 Å². The van der Waals surface area contributed by atoms with Crippen molar-refractivity contribution in [3.63, 3.8) is 0 Å². The van der Waals surface area contributed by atoms with Crippen molar-refractivity contribution in [3.05, 3.63) is 47.6 Å². The van der Waals surface area contributed by atoms with Crippen LogP contribution >= 0.6 is 0 Å². The Morgan fingerprint density at radius 1 is 1.24 bits per heavy atom. The lowest BCUT2D eigenvalue weighted by Gasteiger charge is -2.03. The topological polar surface area (TPSA) is 43.9 Å². The smallest absolute Gasteiger partial charge is 0.133 e. The first-order valence-corrected chi connectivity index (χ1v) is 5.58. The highest BCUT2D eigenvalue weighted by atomic mass is 16.5. The Balaban J connectivity index is 2.08. The van der Waals surface area contributed by atoms with E-state index in [1.807, 2.05) is 38.1 Å². The highest BCUT2D eigenvalue weighted by molar-refractivity contribution is 5.75. The molecule has 0 unspecified atom stereocenters. The number of para-hydroxylation sites is 2. The third kappa shape index (κ3) is 1.71. The minimum atomic E-state index is 0.698. The van der Waals surface area contributed by atoms with Gasteiger partial charge in [-0.2, -0.15) is 0 Å². The largest absolute Gasteiger partial charge is 0.361 e. The molecule has 0 spiro atoms. The standard InChI is InChI=1S/C13H13N3O/c1-9-7-11(15-17-9)8-16-10(2)14-12-5-3-4-6-13(12)16/h3-7H,8H2,1-2H3. The number of fused-ring (bicyclic) bond motifs is 1. The molecule has 0 saturated heterocycles. The third-order valence-corrected chi connectivity index (χ3v) is 2.84. The molecule has 2 heterocycles. The van der Waals surface area contributed by atoms with Crippen LogP contribution in [0.15, 0.2) is 34.9 Å². The van der Waals surface area contributed by atoms with Gasteiger partial charge in [0.2, 0.25) is 0 Å². The Labute approximate surface area is 98.9 Å². The summed E-state index contributed by atoms with van der Waals surface area (Å²) in [6, 6.07) is 10.1. The maximum atomic E-state index is 5.08. The Bertz CT molecular complexity index is 666. The number of hydrogen-bond acceptors (Lipinski definition) is 3. The second-order valence-corrected chi connectivity index (χ2v) is 4.16. The van der Waals surface area contributed by atoms with E-state index in [0.29, 0.717) is 6.54 Å². The van der Waals surface area contributed by atoms with Gasteiger partial charge in [0.25, 0.3) is 0 Å². The summed E-state index contributed by atoms with van der Waals surface area (Å²) in [5, 5.41) is 4.01. The molecule has 0 aliphatic rings. The molecule has 0 aliphatic carbocycles. The van der Waals surface area contributed by atoms with E-state index < -0.39 is 0 Å². The van der Waals surface area contributed by atoms with Crippen molar-refractivity contribution in [1.82, 2.24) is 14.7 Å². The first-order chi connectivity index (χ1) is 8.24. The van der Waals surface area contributed by atoms with Gasteiger partial charge in [0.1, 0.15) is 17.3 Å². The summed E-state index contributed by atoms with van der Waals surface area (Å²) in [6.45, 7) is 4.60. The number of imidazole rings is 1. The molecule has 4 nitrogen and oxygen atoms in total. The van der Waals surface area contributed by atoms with Crippen LogP contribution < -0.4 is 0 Å². The van der Waals surface area contributed by atoms with Crippen LogP contribution in [0.1, 0.15) is 17.3 Å². The zero-order valence-corrected chi connectivity index (χ0v) is 9.84. The van der Waals surface area contributed by atoms with Gasteiger partial charge in [-0.25, -0.2) is 4.98 Å². The van der Waals surface area contributed by atoms with E-state index in [-0.39, 0.29) is 0 Å². The molecule has 0 N–H and O–H groups in total. The van der Waals surface area contributed by atoms with Crippen molar-refractivity contribution in [2.24, 2.45) is 0 Å². The molecule has 0 fully saturated rings. The minimum Gasteiger partial charge on any atom is -0.361 e. The maximum Gasteiger partial charge on any atom is 0.133 e. The molecule has 86 valence electrons. The van der Waals surface area contributed by atoms with Crippen molar-refractivity contribution in [1.29, 1.82) is 0 Å². The van der Waals surface area contributed by atoms with E-state index in [4.69, 9.17) is 4.52 Å². The predicted octanol–water partition coefficient (Wildman–Crippen LogP) is 2.69. The average Bonchev–Trinajstić information content (AvgIpc) is 2.85. The second-order valence-electron chi connectivity index (χ2n) is 4.16. The fourth-order valence-corrected chi connectivity index (χ4v) is 2.05. The van der Waals surface area contributed by atoms with Crippen molar-refractivity contribution in [2.75, 3.05) is 0 Å². The summed E-state index contributed by atoms with van der Waals surface area (Å²) in [4.78, 5) is 4.52. The number of benzene rings is 1. The van der Waals surface area contributed by atoms with Gasteiger partial charge in [0, 0.05) is 6.07 Å². The first kappa shape index (κ1) is 10.1. The van der Waals surface area contributed by atoms with Crippen LogP contribution in [0.5, 0.6) is 0 Å². The average molecular weight is 227 g/mol. The monoisotopic (exact) mass is 227 g/mol. The third-order valence-electron chi connectivity index (χ3n) is 2.84. The van der Waals surface area contributed by atoms with Crippen molar-refractivity contribution in [2.45, 2.75) is 20.4 Å². The summed E-state index contributed by atoms with van der Waals surface area (Å²) in [5.74, 6) is 1.83. The Kier molecular flexibility index (Phi) is 2.21. The van der Waals surface area contributed by atoms with Crippen LogP contribution in [-0.2, 0) is 6.54 Å². The van der Waals surface area contributed by atoms with Crippen LogP contribution in [0.25, 0.3) is 11.0 Å². The van der Waals surface area contributed by atoms with Gasteiger partial charge in [-0.3, -0.25) is 0 Å². The fourth-order valence-electron chi connectivity index (χ4n) is 2.05. The zero-order chi connectivity index (χ0) is 11.8. The number of nitrogens with zero attached hydrogens (tertiary/aromatic N) is 3. The van der Waals surface area contributed by atoms with Gasteiger partial charge in [0.15, 0.2) is 0 Å². The van der Waals surface area contributed by atoms with Gasteiger partial charge in [-0.1, -0.05) is 17.3 Å². The number of aryl methyl sites for hydroxylation is 2. The molecule has 3 aromatic rings. The lowest BCUT2D eigenvalue weighted by Crippen LogP contribution is -2.01. The normalized spacial score (nSPS) is 11.2. The Morgan fingerprint density at radius 2 is 2.06 bits per heavy atom. The van der Waals surface area contributed by atoms with Gasteiger partial charge >= 0.3 is 0 Å². The van der Waals surface area contributed by atoms with Crippen LogP contribution in [0.3, 0.4) is 0 Å². The number of rotatable bonds is 2. The minimum absolute atomic E-state index is 0.698. The van der Waals surface area contributed by atoms with Gasteiger partial charge in [-0.15, -0.1) is 0 Å². The second kappa shape index (κ2) is 3.73. The molecule has 0 saturated carbocycles. The highest BCUT2D eigenvalue weighted by Gasteiger charge is 2.09. The van der Waals surface area contributed by atoms with Gasteiger partial charge < -0.3 is 9.09 Å². The quantitative estimate of drug-likeness (QED) is 0.676. The van der Waals surface area contributed by atoms with Crippen molar-refractivity contribution in [3.8, 4) is 0 Å². The molecular formula is C13H13N3O.